The Kier molecular flexibility index (Phi) is 4.68. The Morgan fingerprint density at radius 3 is 2.71 bits per heavy atom. The molecular weight excluding hydrogens is 385 g/mol. The Morgan fingerprint density at radius 1 is 1.18 bits per heavy atom. The zero-order valence-electron chi connectivity index (χ0n) is 14.7. The highest BCUT2D eigenvalue weighted by Gasteiger charge is 2.31. The summed E-state index contributed by atoms with van der Waals surface area (Å²) >= 11 is 1.09. The van der Waals surface area contributed by atoms with Gasteiger partial charge in [0.2, 0.25) is 0 Å². The molecule has 0 aliphatic heterocycles. The first-order valence-electron chi connectivity index (χ1n) is 8.86. The summed E-state index contributed by atoms with van der Waals surface area (Å²) in [5.41, 5.74) is 2.76. The number of aryl methyl sites for hydroxylation is 2. The number of benzene rings is 2. The van der Waals surface area contributed by atoms with Gasteiger partial charge in [-0.05, 0) is 54.2 Å². The number of nitriles is 1. The fourth-order valence-electron chi connectivity index (χ4n) is 3.55. The normalized spacial score (nSPS) is 14.6. The van der Waals surface area contributed by atoms with Crippen molar-refractivity contribution >= 4 is 27.3 Å². The van der Waals surface area contributed by atoms with Crippen molar-refractivity contribution in [1.82, 2.24) is 4.98 Å². The second-order valence-corrected chi connectivity index (χ2v) is 7.96. The smallest absolute Gasteiger partial charge is 0.297 e. The molecule has 7 heteroatoms. The quantitative estimate of drug-likeness (QED) is 0.603. The maximum atomic E-state index is 12.9. The lowest BCUT2D eigenvalue weighted by Gasteiger charge is -2.07. The zero-order chi connectivity index (χ0) is 19.9. The molecule has 3 nitrogen and oxygen atoms in total. The van der Waals surface area contributed by atoms with Crippen LogP contribution < -0.4 is 0 Å². The van der Waals surface area contributed by atoms with Gasteiger partial charge in [0, 0.05) is 6.42 Å². The number of ketones is 1. The largest absolute Gasteiger partial charge is 0.416 e. The van der Waals surface area contributed by atoms with Gasteiger partial charge < -0.3 is 0 Å². The van der Waals surface area contributed by atoms with Gasteiger partial charge in [0.15, 0.2) is 11.7 Å². The van der Waals surface area contributed by atoms with E-state index in [0.717, 1.165) is 48.3 Å². The van der Waals surface area contributed by atoms with E-state index in [9.17, 15) is 23.2 Å². The SMILES string of the molecule is N#CC(C(=O)Cc1ccc2c(c1)CCC2)c1nc2cc(C(F)(F)F)ccc2s1. The third-order valence-electron chi connectivity index (χ3n) is 4.97. The molecule has 0 amide bonds. The van der Waals surface area contributed by atoms with E-state index in [1.54, 1.807) is 0 Å². The predicted molar refractivity (Wildman–Crippen MR) is 100 cm³/mol. The number of aromatic nitrogens is 1. The highest BCUT2D eigenvalue weighted by molar-refractivity contribution is 7.18. The molecule has 4 rings (SSSR count). The van der Waals surface area contributed by atoms with Crippen LogP contribution in [0.2, 0.25) is 0 Å². The lowest BCUT2D eigenvalue weighted by Crippen LogP contribution is -2.13. The van der Waals surface area contributed by atoms with Crippen molar-refractivity contribution in [3.63, 3.8) is 0 Å². The van der Waals surface area contributed by atoms with Gasteiger partial charge in [-0.1, -0.05) is 18.2 Å². The van der Waals surface area contributed by atoms with E-state index in [0.29, 0.717) is 4.70 Å². The molecule has 1 unspecified atom stereocenters. The number of thiazole rings is 1. The molecule has 1 atom stereocenters. The van der Waals surface area contributed by atoms with Crippen LogP contribution in [0.5, 0.6) is 0 Å². The monoisotopic (exact) mass is 400 g/mol. The number of halogens is 3. The molecule has 3 aromatic rings. The van der Waals surface area contributed by atoms with Crippen LogP contribution in [0.4, 0.5) is 13.2 Å². The van der Waals surface area contributed by atoms with E-state index in [2.05, 4.69) is 4.98 Å². The van der Waals surface area contributed by atoms with Crippen molar-refractivity contribution in [3.05, 3.63) is 63.7 Å². The molecule has 142 valence electrons. The van der Waals surface area contributed by atoms with Gasteiger partial charge in [-0.2, -0.15) is 18.4 Å². The zero-order valence-corrected chi connectivity index (χ0v) is 15.5. The third kappa shape index (κ3) is 3.52. The van der Waals surface area contributed by atoms with Crippen LogP contribution in [0.25, 0.3) is 10.2 Å². The molecule has 0 fully saturated rings. The summed E-state index contributed by atoms with van der Waals surface area (Å²) in [6.07, 6.45) is -1.20. The van der Waals surface area contributed by atoms with Gasteiger partial charge in [-0.15, -0.1) is 11.3 Å². The van der Waals surface area contributed by atoms with Crippen LogP contribution in [0.3, 0.4) is 0 Å². The van der Waals surface area contributed by atoms with Gasteiger partial charge in [0.1, 0.15) is 5.01 Å². The third-order valence-corrected chi connectivity index (χ3v) is 6.07. The first-order chi connectivity index (χ1) is 13.3. The standard InChI is InChI=1S/C21H15F3N2OS/c22-21(23,24)15-6-7-19-17(10-15)26-20(28-19)16(11-25)18(27)9-12-4-5-13-2-1-3-14(13)8-12/h4-8,10,16H,1-3,9H2. The first kappa shape index (κ1) is 18.6. The van der Waals surface area contributed by atoms with Crippen LogP contribution >= 0.6 is 11.3 Å². The molecule has 0 saturated carbocycles. The number of rotatable bonds is 4. The highest BCUT2D eigenvalue weighted by atomic mass is 32.1. The minimum Gasteiger partial charge on any atom is -0.297 e. The van der Waals surface area contributed by atoms with Crippen molar-refractivity contribution in [1.29, 1.82) is 5.26 Å². The maximum absolute atomic E-state index is 12.9. The molecule has 0 N–H and O–H groups in total. The number of carbonyl (C=O) groups is 1. The predicted octanol–water partition coefficient (Wildman–Crippen LogP) is 5.22. The Balaban J connectivity index is 1.59. The molecule has 0 saturated heterocycles. The minimum absolute atomic E-state index is 0.106. The molecule has 28 heavy (non-hydrogen) atoms. The summed E-state index contributed by atoms with van der Waals surface area (Å²) in [5.74, 6) is -1.38. The van der Waals surface area contributed by atoms with Gasteiger partial charge in [0.25, 0.3) is 0 Å². The second-order valence-electron chi connectivity index (χ2n) is 6.89. The van der Waals surface area contributed by atoms with Crippen molar-refractivity contribution in [2.24, 2.45) is 0 Å². The molecule has 2 aromatic carbocycles. The number of hydrogen-bond donors (Lipinski definition) is 0. The summed E-state index contributed by atoms with van der Waals surface area (Å²) in [6.45, 7) is 0. The van der Waals surface area contributed by atoms with E-state index < -0.39 is 17.7 Å². The van der Waals surface area contributed by atoms with Crippen molar-refractivity contribution in [2.45, 2.75) is 37.8 Å². The van der Waals surface area contributed by atoms with Crippen LogP contribution in [-0.4, -0.2) is 10.8 Å². The van der Waals surface area contributed by atoms with E-state index in [-0.39, 0.29) is 22.7 Å². The lowest BCUT2D eigenvalue weighted by molar-refractivity contribution is -0.137. The molecule has 1 aromatic heterocycles. The Hall–Kier alpha value is -2.72. The van der Waals surface area contributed by atoms with E-state index in [4.69, 9.17) is 0 Å². The number of Topliss-reactive ketones (excluding diaryl/α,β-unsaturated/α-hetero) is 1. The van der Waals surface area contributed by atoms with Crippen LogP contribution in [0, 0.1) is 11.3 Å². The summed E-state index contributed by atoms with van der Waals surface area (Å²) in [5, 5.41) is 9.75. The highest BCUT2D eigenvalue weighted by Crippen LogP contribution is 2.34. The maximum Gasteiger partial charge on any atom is 0.416 e. The summed E-state index contributed by atoms with van der Waals surface area (Å²) in [4.78, 5) is 16.9. The first-order valence-corrected chi connectivity index (χ1v) is 9.67. The summed E-state index contributed by atoms with van der Waals surface area (Å²) in [6, 6.07) is 11.2. The molecule has 1 aliphatic carbocycles. The number of hydrogen-bond acceptors (Lipinski definition) is 4. The summed E-state index contributed by atoms with van der Waals surface area (Å²) in [7, 11) is 0. The number of carbonyl (C=O) groups excluding carboxylic acids is 1. The summed E-state index contributed by atoms with van der Waals surface area (Å²) < 4.78 is 39.2. The molecule has 1 aliphatic rings. The number of alkyl halides is 3. The van der Waals surface area contributed by atoms with Gasteiger partial charge in [-0.25, -0.2) is 4.98 Å². The van der Waals surface area contributed by atoms with E-state index >= 15 is 0 Å². The Morgan fingerprint density at radius 2 is 1.96 bits per heavy atom. The molecule has 1 heterocycles. The number of nitrogens with zero attached hydrogens (tertiary/aromatic N) is 2. The van der Waals surface area contributed by atoms with Crippen LogP contribution in [0.1, 0.15) is 39.6 Å². The van der Waals surface area contributed by atoms with E-state index in [1.807, 2.05) is 24.3 Å². The average molecular weight is 400 g/mol. The van der Waals surface area contributed by atoms with E-state index in [1.165, 1.54) is 17.2 Å². The van der Waals surface area contributed by atoms with Crippen LogP contribution in [-0.2, 0) is 30.2 Å². The van der Waals surface area contributed by atoms with Crippen molar-refractivity contribution in [2.75, 3.05) is 0 Å². The molecule has 0 radical (unpaired) electrons. The number of fused-ring (bicyclic) bond motifs is 2. The Bertz CT molecular complexity index is 1110. The molecule has 0 bridgehead atoms. The minimum atomic E-state index is -4.46. The average Bonchev–Trinajstić information content (AvgIpc) is 3.26. The molecule has 0 spiro atoms. The van der Waals surface area contributed by atoms with Gasteiger partial charge >= 0.3 is 6.18 Å². The fourth-order valence-corrected chi connectivity index (χ4v) is 4.56. The van der Waals surface area contributed by atoms with Crippen molar-refractivity contribution in [3.8, 4) is 6.07 Å². The molecular formula is C21H15F3N2OS. The van der Waals surface area contributed by atoms with Gasteiger partial charge in [0.05, 0.1) is 21.8 Å². The Labute approximate surface area is 163 Å². The van der Waals surface area contributed by atoms with Crippen LogP contribution in [0.15, 0.2) is 36.4 Å². The topological polar surface area (TPSA) is 53.8 Å². The van der Waals surface area contributed by atoms with Gasteiger partial charge in [-0.3, -0.25) is 4.79 Å². The lowest BCUT2D eigenvalue weighted by atomic mass is 9.97. The van der Waals surface area contributed by atoms with Crippen molar-refractivity contribution < 1.29 is 18.0 Å². The fraction of sp³-hybridized carbons (Fsp3) is 0.286. The second kappa shape index (κ2) is 7.02.